The van der Waals surface area contributed by atoms with Crippen LogP contribution in [-0.4, -0.2) is 28.1 Å². The van der Waals surface area contributed by atoms with Gasteiger partial charge in [0.25, 0.3) is 0 Å². The minimum atomic E-state index is -1.98. The third kappa shape index (κ3) is 4.87. The van der Waals surface area contributed by atoms with E-state index >= 15 is 0 Å². The topological polar surface area (TPSA) is 27.7 Å². The lowest BCUT2D eigenvalue weighted by Gasteiger charge is -2.32. The molecule has 0 aromatic carbocycles. The van der Waals surface area contributed by atoms with Crippen molar-refractivity contribution in [1.29, 1.82) is 0 Å². The number of rotatable bonds is 5. The van der Waals surface area contributed by atoms with Gasteiger partial charge >= 0.3 is 8.56 Å². The van der Waals surface area contributed by atoms with Gasteiger partial charge in [-0.25, -0.2) is 0 Å². The highest BCUT2D eigenvalue weighted by atomic mass is 28.4. The lowest BCUT2D eigenvalue weighted by molar-refractivity contribution is -0.151. The Balaban J connectivity index is 4.04. The van der Waals surface area contributed by atoms with Crippen LogP contribution in [0, 0.1) is 0 Å². The van der Waals surface area contributed by atoms with Crippen molar-refractivity contribution in [2.75, 3.05) is 13.7 Å². The molecule has 4 heteroatoms. The van der Waals surface area contributed by atoms with Gasteiger partial charge in [-0.2, -0.15) is 0 Å². The molecule has 0 aliphatic carbocycles. The fourth-order valence-corrected chi connectivity index (χ4v) is 3.03. The van der Waals surface area contributed by atoms with Crippen molar-refractivity contribution >= 4 is 8.56 Å². The van der Waals surface area contributed by atoms with Crippen LogP contribution in [-0.2, 0) is 13.6 Å². The number of ether oxygens (including phenoxy) is 1. The van der Waals surface area contributed by atoms with Crippen molar-refractivity contribution < 1.29 is 13.6 Å². The van der Waals surface area contributed by atoms with Crippen molar-refractivity contribution in [2.45, 2.75) is 39.7 Å². The van der Waals surface area contributed by atoms with Crippen LogP contribution in [0.5, 0.6) is 0 Å². The summed E-state index contributed by atoms with van der Waals surface area (Å²) < 4.78 is 16.4. The Morgan fingerprint density at radius 2 is 1.75 bits per heavy atom. The molecule has 0 spiro atoms. The van der Waals surface area contributed by atoms with E-state index in [9.17, 15) is 0 Å². The van der Waals surface area contributed by atoms with Gasteiger partial charge in [0.15, 0.2) is 5.79 Å². The molecule has 0 N–H and O–H groups in total. The molecule has 0 saturated carbocycles. The lowest BCUT2D eigenvalue weighted by atomic mass is 10.4. The van der Waals surface area contributed by atoms with E-state index in [1.54, 1.807) is 7.11 Å². The quantitative estimate of drug-likeness (QED) is 0.493. The van der Waals surface area contributed by atoms with Crippen molar-refractivity contribution in [3.8, 4) is 0 Å². The molecule has 74 valence electrons. The SMILES string of the molecule is CCO[Si](C)(C)OC(C)(C)OC. The molecule has 0 radical (unpaired) electrons. The van der Waals surface area contributed by atoms with Crippen molar-refractivity contribution in [2.24, 2.45) is 0 Å². The summed E-state index contributed by atoms with van der Waals surface area (Å²) in [6, 6.07) is 0. The van der Waals surface area contributed by atoms with Crippen LogP contribution >= 0.6 is 0 Å². The average molecular weight is 192 g/mol. The third-order valence-electron chi connectivity index (χ3n) is 1.48. The molecule has 3 nitrogen and oxygen atoms in total. The molecule has 0 amide bonds. The number of methoxy groups -OCH3 is 1. The second-order valence-electron chi connectivity index (χ2n) is 3.54. The maximum atomic E-state index is 5.71. The average Bonchev–Trinajstić information content (AvgIpc) is 1.85. The molecular formula is C8H20O3Si. The van der Waals surface area contributed by atoms with Crippen LogP contribution in [0.25, 0.3) is 0 Å². The molecule has 0 aliphatic heterocycles. The van der Waals surface area contributed by atoms with Gasteiger partial charge in [0.1, 0.15) is 0 Å². The van der Waals surface area contributed by atoms with Crippen molar-refractivity contribution in [3.05, 3.63) is 0 Å². The van der Waals surface area contributed by atoms with Crippen LogP contribution in [0.2, 0.25) is 13.1 Å². The first-order valence-electron chi connectivity index (χ1n) is 4.22. The Bertz CT molecular complexity index is 134. The maximum Gasteiger partial charge on any atom is 0.333 e. The fraction of sp³-hybridized carbons (Fsp3) is 1.00. The van der Waals surface area contributed by atoms with E-state index < -0.39 is 14.3 Å². The van der Waals surface area contributed by atoms with E-state index in [-0.39, 0.29) is 0 Å². The molecule has 0 unspecified atom stereocenters. The van der Waals surface area contributed by atoms with E-state index in [4.69, 9.17) is 13.6 Å². The Hall–Kier alpha value is 0.0969. The molecule has 0 aromatic rings. The zero-order valence-electron chi connectivity index (χ0n) is 8.93. The van der Waals surface area contributed by atoms with Gasteiger partial charge in [-0.3, -0.25) is 0 Å². The highest BCUT2D eigenvalue weighted by molar-refractivity contribution is 6.64. The number of hydrogen-bond acceptors (Lipinski definition) is 3. The van der Waals surface area contributed by atoms with Gasteiger partial charge in [-0.05, 0) is 33.9 Å². The minimum Gasteiger partial charge on any atom is -0.395 e. The molecule has 12 heavy (non-hydrogen) atoms. The minimum absolute atomic E-state index is 0.537. The van der Waals surface area contributed by atoms with Gasteiger partial charge in [-0.1, -0.05) is 0 Å². The zero-order chi connectivity index (χ0) is 9.83. The maximum absolute atomic E-state index is 5.71. The molecule has 0 aliphatic rings. The smallest absolute Gasteiger partial charge is 0.333 e. The summed E-state index contributed by atoms with van der Waals surface area (Å²) in [5.41, 5.74) is 0. The molecule has 0 rings (SSSR count). The molecule has 0 saturated heterocycles. The monoisotopic (exact) mass is 192 g/mol. The predicted molar refractivity (Wildman–Crippen MR) is 51.3 cm³/mol. The van der Waals surface area contributed by atoms with Gasteiger partial charge in [0.2, 0.25) is 0 Å². The summed E-state index contributed by atoms with van der Waals surface area (Å²) in [6.07, 6.45) is 0. The molecule has 0 bridgehead atoms. The van der Waals surface area contributed by atoms with Gasteiger partial charge in [-0.15, -0.1) is 0 Å². The van der Waals surface area contributed by atoms with Crippen molar-refractivity contribution in [1.82, 2.24) is 0 Å². The normalized spacial score (nSPS) is 13.5. The Morgan fingerprint density at radius 3 is 2.08 bits per heavy atom. The predicted octanol–water partition coefficient (Wildman–Crippen LogP) is 2.12. The zero-order valence-corrected chi connectivity index (χ0v) is 9.93. The summed E-state index contributed by atoms with van der Waals surface area (Å²) in [4.78, 5) is 0. The van der Waals surface area contributed by atoms with E-state index in [1.165, 1.54) is 0 Å². The first-order valence-corrected chi connectivity index (χ1v) is 7.04. The molecule has 0 fully saturated rings. The Kier molecular flexibility index (Phi) is 4.40. The van der Waals surface area contributed by atoms with Crippen molar-refractivity contribution in [3.63, 3.8) is 0 Å². The number of hydrogen-bond donors (Lipinski definition) is 0. The summed E-state index contributed by atoms with van der Waals surface area (Å²) in [5, 5.41) is 0. The molecular weight excluding hydrogens is 172 g/mol. The highest BCUT2D eigenvalue weighted by Gasteiger charge is 2.32. The Labute approximate surface area is 76.3 Å². The second-order valence-corrected chi connectivity index (χ2v) is 6.83. The summed E-state index contributed by atoms with van der Waals surface area (Å²) >= 11 is 0. The largest absolute Gasteiger partial charge is 0.395 e. The Morgan fingerprint density at radius 1 is 1.25 bits per heavy atom. The molecule has 0 heterocycles. The molecule has 0 atom stereocenters. The second kappa shape index (κ2) is 4.37. The summed E-state index contributed by atoms with van der Waals surface area (Å²) in [6.45, 7) is 10.5. The van der Waals surface area contributed by atoms with Crippen LogP contribution < -0.4 is 0 Å². The van der Waals surface area contributed by atoms with E-state index in [0.717, 1.165) is 0 Å². The summed E-state index contributed by atoms with van der Waals surface area (Å²) in [5.74, 6) is -0.537. The first kappa shape index (κ1) is 12.1. The van der Waals surface area contributed by atoms with Crippen LogP contribution in [0.3, 0.4) is 0 Å². The van der Waals surface area contributed by atoms with E-state index in [0.29, 0.717) is 6.61 Å². The summed E-state index contributed by atoms with van der Waals surface area (Å²) in [7, 11) is -0.349. The standard InChI is InChI=1S/C8H20O3Si/c1-7-10-12(5,6)11-8(2,3)9-4/h7H2,1-6H3. The van der Waals surface area contributed by atoms with Crippen LogP contribution in [0.4, 0.5) is 0 Å². The first-order chi connectivity index (χ1) is 5.33. The van der Waals surface area contributed by atoms with Gasteiger partial charge in [0, 0.05) is 13.7 Å². The lowest BCUT2D eigenvalue weighted by Crippen LogP contribution is -2.44. The van der Waals surface area contributed by atoms with Crippen LogP contribution in [0.15, 0.2) is 0 Å². The van der Waals surface area contributed by atoms with Gasteiger partial charge in [0.05, 0.1) is 0 Å². The molecule has 0 aromatic heterocycles. The highest BCUT2D eigenvalue weighted by Crippen LogP contribution is 2.18. The van der Waals surface area contributed by atoms with E-state index in [1.807, 2.05) is 33.9 Å². The van der Waals surface area contributed by atoms with Crippen LogP contribution in [0.1, 0.15) is 20.8 Å². The fourth-order valence-electron chi connectivity index (χ4n) is 1.01. The van der Waals surface area contributed by atoms with Gasteiger partial charge < -0.3 is 13.6 Å². The van der Waals surface area contributed by atoms with E-state index in [2.05, 4.69) is 0 Å². The third-order valence-corrected chi connectivity index (χ3v) is 3.44.